The molecular formula is C16H22O3. The van der Waals surface area contributed by atoms with E-state index in [0.29, 0.717) is 6.61 Å². The monoisotopic (exact) mass is 262 g/mol. The molecule has 0 aliphatic carbocycles. The third-order valence-electron chi connectivity index (χ3n) is 2.84. The summed E-state index contributed by atoms with van der Waals surface area (Å²) in [5.74, 6) is 0.599. The maximum absolute atomic E-state index is 11.5. The van der Waals surface area contributed by atoms with E-state index in [-0.39, 0.29) is 5.97 Å². The second-order valence-electron chi connectivity index (χ2n) is 4.54. The van der Waals surface area contributed by atoms with Gasteiger partial charge in [-0.05, 0) is 55.2 Å². The molecule has 104 valence electrons. The first kappa shape index (κ1) is 15.3. The van der Waals surface area contributed by atoms with Gasteiger partial charge >= 0.3 is 5.97 Å². The fraction of sp³-hybridized carbons (Fsp3) is 0.438. The third-order valence-corrected chi connectivity index (χ3v) is 2.84. The Kier molecular flexibility index (Phi) is 6.13. The molecule has 0 atom stereocenters. The highest BCUT2D eigenvalue weighted by atomic mass is 16.5. The highest BCUT2D eigenvalue weighted by Gasteiger charge is 2.04. The van der Waals surface area contributed by atoms with E-state index in [0.717, 1.165) is 35.3 Å². The van der Waals surface area contributed by atoms with Gasteiger partial charge in [0, 0.05) is 6.08 Å². The van der Waals surface area contributed by atoms with Gasteiger partial charge in [0.2, 0.25) is 0 Å². The van der Waals surface area contributed by atoms with Crippen molar-refractivity contribution in [3.63, 3.8) is 0 Å². The molecule has 1 aromatic carbocycles. The summed E-state index contributed by atoms with van der Waals surface area (Å²) in [4.78, 5) is 11.5. The van der Waals surface area contributed by atoms with Crippen LogP contribution in [0.25, 0.3) is 6.08 Å². The molecule has 0 heterocycles. The van der Waals surface area contributed by atoms with Gasteiger partial charge in [-0.25, -0.2) is 4.79 Å². The minimum absolute atomic E-state index is 0.292. The molecule has 19 heavy (non-hydrogen) atoms. The lowest BCUT2D eigenvalue weighted by atomic mass is 10.1. The van der Waals surface area contributed by atoms with Crippen molar-refractivity contribution >= 4 is 12.0 Å². The molecule has 0 amide bonds. The maximum atomic E-state index is 11.5. The summed E-state index contributed by atoms with van der Waals surface area (Å²) < 4.78 is 10.4. The van der Waals surface area contributed by atoms with Crippen LogP contribution >= 0.6 is 0 Å². The van der Waals surface area contributed by atoms with Crippen molar-refractivity contribution in [1.29, 1.82) is 0 Å². The van der Waals surface area contributed by atoms with Crippen LogP contribution in [-0.4, -0.2) is 19.7 Å². The average Bonchev–Trinajstić information content (AvgIpc) is 2.36. The van der Waals surface area contributed by atoms with Crippen molar-refractivity contribution in [2.45, 2.75) is 33.6 Å². The molecule has 0 bridgehead atoms. The van der Waals surface area contributed by atoms with Crippen LogP contribution < -0.4 is 4.74 Å². The van der Waals surface area contributed by atoms with Crippen LogP contribution in [0.1, 0.15) is 36.5 Å². The number of esters is 1. The molecule has 0 aromatic heterocycles. The van der Waals surface area contributed by atoms with Gasteiger partial charge < -0.3 is 9.47 Å². The number of aryl methyl sites for hydroxylation is 2. The van der Waals surface area contributed by atoms with E-state index in [1.807, 2.05) is 26.0 Å². The van der Waals surface area contributed by atoms with E-state index in [1.54, 1.807) is 13.2 Å². The van der Waals surface area contributed by atoms with E-state index >= 15 is 0 Å². The van der Waals surface area contributed by atoms with Gasteiger partial charge in [0.05, 0.1) is 13.7 Å². The van der Waals surface area contributed by atoms with Gasteiger partial charge in [0.1, 0.15) is 5.75 Å². The highest BCUT2D eigenvalue weighted by Crippen LogP contribution is 2.24. The summed E-state index contributed by atoms with van der Waals surface area (Å²) >= 11 is 0. The number of methoxy groups -OCH3 is 1. The molecule has 3 nitrogen and oxygen atoms in total. The Balaban J connectivity index is 2.69. The lowest BCUT2D eigenvalue weighted by Gasteiger charge is -2.09. The van der Waals surface area contributed by atoms with E-state index in [1.165, 1.54) is 6.08 Å². The lowest BCUT2D eigenvalue weighted by molar-refractivity contribution is -0.137. The fourth-order valence-electron chi connectivity index (χ4n) is 1.93. The van der Waals surface area contributed by atoms with Gasteiger partial charge in [0.15, 0.2) is 0 Å². The zero-order chi connectivity index (χ0) is 14.3. The van der Waals surface area contributed by atoms with Crippen LogP contribution in [0.5, 0.6) is 5.75 Å². The fourth-order valence-corrected chi connectivity index (χ4v) is 1.93. The number of rotatable bonds is 6. The van der Waals surface area contributed by atoms with Gasteiger partial charge in [-0.15, -0.1) is 0 Å². The summed E-state index contributed by atoms with van der Waals surface area (Å²) in [6.45, 7) is 6.53. The molecule has 0 saturated heterocycles. The molecule has 1 rings (SSSR count). The largest absolute Gasteiger partial charge is 0.496 e. The average molecular weight is 262 g/mol. The van der Waals surface area contributed by atoms with Crippen LogP contribution in [0, 0.1) is 13.8 Å². The molecule has 0 radical (unpaired) electrons. The number of unbranched alkanes of at least 4 members (excludes halogenated alkanes) is 1. The molecule has 0 aliphatic heterocycles. The molecule has 0 fully saturated rings. The zero-order valence-electron chi connectivity index (χ0n) is 12.2. The Morgan fingerprint density at radius 2 is 1.89 bits per heavy atom. The molecule has 0 spiro atoms. The molecular weight excluding hydrogens is 240 g/mol. The van der Waals surface area contributed by atoms with Crippen molar-refractivity contribution in [2.75, 3.05) is 13.7 Å². The summed E-state index contributed by atoms with van der Waals surface area (Å²) in [7, 11) is 1.66. The Labute approximate surface area is 115 Å². The Hall–Kier alpha value is -1.77. The van der Waals surface area contributed by atoms with Crippen LogP contribution in [0.2, 0.25) is 0 Å². The number of benzene rings is 1. The Morgan fingerprint density at radius 1 is 1.26 bits per heavy atom. The summed E-state index contributed by atoms with van der Waals surface area (Å²) in [5, 5.41) is 0. The molecule has 0 unspecified atom stereocenters. The normalized spacial score (nSPS) is 10.7. The van der Waals surface area contributed by atoms with Gasteiger partial charge in [-0.3, -0.25) is 0 Å². The number of carbonyl (C=O) groups is 1. The van der Waals surface area contributed by atoms with Crippen LogP contribution in [0.3, 0.4) is 0 Å². The molecule has 0 saturated carbocycles. The van der Waals surface area contributed by atoms with Crippen LogP contribution in [0.4, 0.5) is 0 Å². The first-order chi connectivity index (χ1) is 9.08. The Morgan fingerprint density at radius 3 is 2.42 bits per heavy atom. The predicted octanol–water partition coefficient (Wildman–Crippen LogP) is 3.67. The minimum Gasteiger partial charge on any atom is -0.496 e. The smallest absolute Gasteiger partial charge is 0.330 e. The maximum Gasteiger partial charge on any atom is 0.330 e. The van der Waals surface area contributed by atoms with E-state index in [2.05, 4.69) is 6.92 Å². The second-order valence-corrected chi connectivity index (χ2v) is 4.54. The van der Waals surface area contributed by atoms with E-state index in [4.69, 9.17) is 9.47 Å². The molecule has 1 aromatic rings. The van der Waals surface area contributed by atoms with Crippen LogP contribution in [-0.2, 0) is 9.53 Å². The standard InChI is InChI=1S/C16H22O3/c1-5-6-9-19-15(17)8-7-14-10-12(2)16(18-4)13(3)11-14/h7-8,10-11H,5-6,9H2,1-4H3. The summed E-state index contributed by atoms with van der Waals surface area (Å²) in [6, 6.07) is 3.98. The highest BCUT2D eigenvalue weighted by molar-refractivity contribution is 5.87. The van der Waals surface area contributed by atoms with Crippen LogP contribution in [0.15, 0.2) is 18.2 Å². The van der Waals surface area contributed by atoms with Crippen molar-refractivity contribution in [1.82, 2.24) is 0 Å². The Bertz CT molecular complexity index is 438. The quantitative estimate of drug-likeness (QED) is 0.446. The number of ether oxygens (including phenoxy) is 2. The third kappa shape index (κ3) is 4.78. The lowest BCUT2D eigenvalue weighted by Crippen LogP contribution is -2.01. The first-order valence-electron chi connectivity index (χ1n) is 6.58. The van der Waals surface area contributed by atoms with Crippen molar-refractivity contribution in [3.05, 3.63) is 34.9 Å². The van der Waals surface area contributed by atoms with E-state index < -0.39 is 0 Å². The summed E-state index contributed by atoms with van der Waals surface area (Å²) in [6.07, 6.45) is 5.16. The second kappa shape index (κ2) is 7.62. The number of hydrogen-bond acceptors (Lipinski definition) is 3. The van der Waals surface area contributed by atoms with Crippen molar-refractivity contribution in [2.24, 2.45) is 0 Å². The molecule has 3 heteroatoms. The summed E-state index contributed by atoms with van der Waals surface area (Å²) in [5.41, 5.74) is 3.09. The minimum atomic E-state index is -0.292. The first-order valence-corrected chi connectivity index (χ1v) is 6.58. The van der Waals surface area contributed by atoms with Crippen molar-refractivity contribution < 1.29 is 14.3 Å². The zero-order valence-corrected chi connectivity index (χ0v) is 12.2. The number of carbonyl (C=O) groups excluding carboxylic acids is 1. The van der Waals surface area contributed by atoms with Crippen molar-refractivity contribution in [3.8, 4) is 5.75 Å². The topological polar surface area (TPSA) is 35.5 Å². The van der Waals surface area contributed by atoms with E-state index in [9.17, 15) is 4.79 Å². The molecule has 0 N–H and O–H groups in total. The van der Waals surface area contributed by atoms with Gasteiger partial charge in [-0.1, -0.05) is 13.3 Å². The SMILES string of the molecule is CCCCOC(=O)C=Cc1cc(C)c(OC)c(C)c1. The molecule has 0 aliphatic rings. The number of hydrogen-bond donors (Lipinski definition) is 0. The van der Waals surface area contributed by atoms with Gasteiger partial charge in [-0.2, -0.15) is 0 Å². The van der Waals surface area contributed by atoms with Gasteiger partial charge in [0.25, 0.3) is 0 Å². The predicted molar refractivity (Wildman–Crippen MR) is 77.4 cm³/mol.